The summed E-state index contributed by atoms with van der Waals surface area (Å²) in [4.78, 5) is 12.8. The van der Waals surface area contributed by atoms with Crippen LogP contribution in [0.5, 0.6) is 11.5 Å². The molecule has 1 aromatic heterocycles. The molecule has 0 spiro atoms. The number of nitrogens with zero attached hydrogens (tertiary/aromatic N) is 2. The third-order valence-corrected chi connectivity index (χ3v) is 6.35. The minimum absolute atomic E-state index is 0.116. The van der Waals surface area contributed by atoms with Crippen molar-refractivity contribution >= 4 is 27.6 Å². The van der Waals surface area contributed by atoms with Crippen LogP contribution in [0.1, 0.15) is 15.9 Å². The topological polar surface area (TPSA) is 133 Å². The van der Waals surface area contributed by atoms with Gasteiger partial charge >= 0.3 is 6.01 Å². The number of carbonyl (C=O) groups excluding carboxylic acids is 1. The van der Waals surface area contributed by atoms with Gasteiger partial charge in [0, 0.05) is 22.9 Å². The van der Waals surface area contributed by atoms with E-state index in [1.54, 1.807) is 42.5 Å². The highest BCUT2D eigenvalue weighted by Crippen LogP contribution is 2.29. The van der Waals surface area contributed by atoms with Crippen molar-refractivity contribution in [1.82, 2.24) is 10.2 Å². The average molecular weight is 495 g/mol. The number of sulfonamides is 1. The molecular formula is C24H22N4O6S. The molecule has 0 saturated heterocycles. The third kappa shape index (κ3) is 5.58. The number of amides is 1. The fourth-order valence-electron chi connectivity index (χ4n) is 3.15. The maximum absolute atomic E-state index is 12.7. The Hall–Kier alpha value is -4.38. The minimum Gasteiger partial charge on any atom is -0.497 e. The van der Waals surface area contributed by atoms with Gasteiger partial charge in [-0.25, -0.2) is 8.42 Å². The van der Waals surface area contributed by atoms with E-state index in [4.69, 9.17) is 13.9 Å². The van der Waals surface area contributed by atoms with Gasteiger partial charge in [0.05, 0.1) is 19.1 Å². The number of nitrogens with one attached hydrogen (secondary N) is 2. The number of hydrogen-bond donors (Lipinski definition) is 2. The lowest BCUT2D eigenvalue weighted by molar-refractivity contribution is 0.102. The first kappa shape index (κ1) is 23.8. The van der Waals surface area contributed by atoms with E-state index in [9.17, 15) is 13.2 Å². The molecular weight excluding hydrogens is 472 g/mol. The zero-order valence-corrected chi connectivity index (χ0v) is 19.9. The molecule has 0 fully saturated rings. The first-order chi connectivity index (χ1) is 16.8. The quantitative estimate of drug-likeness (QED) is 0.374. The summed E-state index contributed by atoms with van der Waals surface area (Å²) in [6.07, 6.45) is 0. The molecule has 4 aromatic rings. The van der Waals surface area contributed by atoms with Gasteiger partial charge < -0.3 is 13.9 Å². The highest BCUT2D eigenvalue weighted by Gasteiger charge is 2.17. The number of ether oxygens (including phenoxy) is 2. The molecule has 10 nitrogen and oxygen atoms in total. The largest absolute Gasteiger partial charge is 0.497 e. The number of rotatable bonds is 8. The molecule has 2 N–H and O–H groups in total. The Morgan fingerprint density at radius 1 is 0.914 bits per heavy atom. The number of hydrogen-bond acceptors (Lipinski definition) is 8. The molecule has 0 aliphatic rings. The Balaban J connectivity index is 1.49. The van der Waals surface area contributed by atoms with Gasteiger partial charge in [0.1, 0.15) is 11.5 Å². The van der Waals surface area contributed by atoms with Crippen molar-refractivity contribution in [3.63, 3.8) is 0 Å². The summed E-state index contributed by atoms with van der Waals surface area (Å²) in [6, 6.07) is 17.4. The van der Waals surface area contributed by atoms with Gasteiger partial charge in [-0.2, -0.15) is 0 Å². The number of carbonyl (C=O) groups is 1. The second-order valence-corrected chi connectivity index (χ2v) is 9.15. The van der Waals surface area contributed by atoms with Crippen molar-refractivity contribution < 1.29 is 27.1 Å². The van der Waals surface area contributed by atoms with E-state index in [1.165, 1.54) is 38.5 Å². The Labute approximate surface area is 202 Å². The fourth-order valence-corrected chi connectivity index (χ4v) is 4.20. The van der Waals surface area contributed by atoms with E-state index in [0.29, 0.717) is 17.1 Å². The summed E-state index contributed by atoms with van der Waals surface area (Å²) in [7, 11) is -0.772. The summed E-state index contributed by atoms with van der Waals surface area (Å²) < 4.78 is 43.8. The molecule has 11 heteroatoms. The lowest BCUT2D eigenvalue weighted by Gasteiger charge is -2.09. The summed E-state index contributed by atoms with van der Waals surface area (Å²) in [6.45, 7) is 1.87. The molecule has 35 heavy (non-hydrogen) atoms. The van der Waals surface area contributed by atoms with Crippen LogP contribution >= 0.6 is 0 Å². The minimum atomic E-state index is -3.81. The van der Waals surface area contributed by atoms with Gasteiger partial charge in [0.15, 0.2) is 0 Å². The van der Waals surface area contributed by atoms with Crippen LogP contribution in [-0.2, 0) is 10.0 Å². The van der Waals surface area contributed by atoms with E-state index in [2.05, 4.69) is 20.2 Å². The number of methoxy groups -OCH3 is 2. The first-order valence-corrected chi connectivity index (χ1v) is 11.8. The maximum atomic E-state index is 12.7. The molecule has 0 aliphatic carbocycles. The Morgan fingerprint density at radius 3 is 2.26 bits per heavy atom. The van der Waals surface area contributed by atoms with Crippen molar-refractivity contribution in [2.24, 2.45) is 0 Å². The lowest BCUT2D eigenvalue weighted by atomic mass is 10.2. The van der Waals surface area contributed by atoms with Crippen LogP contribution < -0.4 is 19.5 Å². The predicted molar refractivity (Wildman–Crippen MR) is 129 cm³/mol. The van der Waals surface area contributed by atoms with E-state index >= 15 is 0 Å². The summed E-state index contributed by atoms with van der Waals surface area (Å²) in [5.74, 6) is 0.665. The normalized spacial score (nSPS) is 11.1. The molecule has 0 radical (unpaired) electrons. The zero-order valence-electron chi connectivity index (χ0n) is 19.1. The van der Waals surface area contributed by atoms with Crippen LogP contribution in [-0.4, -0.2) is 38.7 Å². The zero-order chi connectivity index (χ0) is 25.0. The molecule has 180 valence electrons. The van der Waals surface area contributed by atoms with Crippen LogP contribution in [0, 0.1) is 6.92 Å². The number of benzene rings is 3. The molecule has 3 aromatic carbocycles. The van der Waals surface area contributed by atoms with Crippen molar-refractivity contribution in [3.05, 3.63) is 77.9 Å². The number of aryl methyl sites for hydroxylation is 1. The third-order valence-electron chi connectivity index (χ3n) is 4.95. The Morgan fingerprint density at radius 2 is 1.60 bits per heavy atom. The average Bonchev–Trinajstić information content (AvgIpc) is 3.32. The van der Waals surface area contributed by atoms with Crippen LogP contribution in [0.4, 0.5) is 11.7 Å². The summed E-state index contributed by atoms with van der Waals surface area (Å²) >= 11 is 0. The predicted octanol–water partition coefficient (Wildman–Crippen LogP) is 4.12. The van der Waals surface area contributed by atoms with E-state index in [-0.39, 0.29) is 28.1 Å². The lowest BCUT2D eigenvalue weighted by Crippen LogP contribution is -2.15. The van der Waals surface area contributed by atoms with Crippen molar-refractivity contribution in [2.45, 2.75) is 11.8 Å². The van der Waals surface area contributed by atoms with E-state index in [0.717, 1.165) is 5.56 Å². The first-order valence-electron chi connectivity index (χ1n) is 10.4. The molecule has 0 aliphatic heterocycles. The van der Waals surface area contributed by atoms with E-state index in [1.807, 2.05) is 6.92 Å². The van der Waals surface area contributed by atoms with Crippen molar-refractivity contribution in [1.29, 1.82) is 0 Å². The van der Waals surface area contributed by atoms with Crippen molar-refractivity contribution in [3.8, 4) is 23.0 Å². The highest BCUT2D eigenvalue weighted by atomic mass is 32.2. The summed E-state index contributed by atoms with van der Waals surface area (Å²) in [5.41, 5.74) is 1.91. The van der Waals surface area contributed by atoms with Gasteiger partial charge in [0.25, 0.3) is 15.9 Å². The fraction of sp³-hybridized carbons (Fsp3) is 0.125. The molecule has 1 amide bonds. The van der Waals surface area contributed by atoms with Crippen LogP contribution in [0.3, 0.4) is 0 Å². The van der Waals surface area contributed by atoms with Crippen LogP contribution in [0.2, 0.25) is 0 Å². The van der Waals surface area contributed by atoms with Gasteiger partial charge in [-0.3, -0.25) is 14.8 Å². The molecule has 4 rings (SSSR count). The second-order valence-electron chi connectivity index (χ2n) is 7.47. The highest BCUT2D eigenvalue weighted by molar-refractivity contribution is 7.92. The molecule has 0 unspecified atom stereocenters. The smallest absolute Gasteiger partial charge is 0.322 e. The van der Waals surface area contributed by atoms with Gasteiger partial charge in [-0.1, -0.05) is 28.9 Å². The van der Waals surface area contributed by atoms with Crippen molar-refractivity contribution in [2.75, 3.05) is 24.3 Å². The molecule has 0 atom stereocenters. The number of anilines is 2. The second kappa shape index (κ2) is 9.85. The van der Waals surface area contributed by atoms with Gasteiger partial charge in [-0.05, 0) is 49.4 Å². The van der Waals surface area contributed by atoms with Gasteiger partial charge in [-0.15, -0.1) is 5.10 Å². The molecule has 1 heterocycles. The molecule has 0 saturated carbocycles. The summed E-state index contributed by atoms with van der Waals surface area (Å²) in [5, 5.41) is 10.3. The Bertz CT molecular complexity index is 1440. The standard InChI is InChI=1S/C24H22N4O6S/c1-15-7-9-21(10-8-15)35(30,31)28-18-6-4-5-16(11-18)22(29)25-24-27-26-23(34-24)17-12-19(32-2)14-20(13-17)33-3/h4-14,28H,1-3H3,(H,25,27,29). The SMILES string of the molecule is COc1cc(OC)cc(-c2nnc(NC(=O)c3cccc(NS(=O)(=O)c4ccc(C)cc4)c3)o2)c1. The van der Waals surface area contributed by atoms with Gasteiger partial charge in [0.2, 0.25) is 5.89 Å². The number of aromatic nitrogens is 2. The van der Waals surface area contributed by atoms with Crippen LogP contribution in [0.25, 0.3) is 11.5 Å². The monoisotopic (exact) mass is 494 g/mol. The maximum Gasteiger partial charge on any atom is 0.322 e. The van der Waals surface area contributed by atoms with E-state index < -0.39 is 15.9 Å². The Kier molecular flexibility index (Phi) is 6.69. The molecule has 0 bridgehead atoms. The van der Waals surface area contributed by atoms with Crippen LogP contribution in [0.15, 0.2) is 76.0 Å².